The highest BCUT2D eigenvalue weighted by Crippen LogP contribution is 2.38. The standard InChI is InChI=1S/C15H15F3N2O4S/c16-15(17,18)8-19-14(22)10-3-1-2-4-11(10)20-12-7-25(23,24)6-9(12)5-13(20)21/h1-4,9,12H,5-8H2,(H,19,22)/t9-,12-/m0/s1. The van der Waals surface area contributed by atoms with E-state index in [1.54, 1.807) is 11.4 Å². The average molecular weight is 376 g/mol. The Balaban J connectivity index is 1.90. The van der Waals surface area contributed by atoms with Crippen molar-refractivity contribution in [1.29, 1.82) is 0 Å². The van der Waals surface area contributed by atoms with Gasteiger partial charge in [0.05, 0.1) is 28.8 Å². The number of para-hydroxylation sites is 1. The highest BCUT2D eigenvalue weighted by Gasteiger charge is 2.49. The second-order valence-corrected chi connectivity index (χ2v) is 8.34. The van der Waals surface area contributed by atoms with Crippen molar-refractivity contribution < 1.29 is 31.2 Å². The molecule has 0 saturated carbocycles. The number of amides is 2. The van der Waals surface area contributed by atoms with Crippen LogP contribution in [0.4, 0.5) is 18.9 Å². The lowest BCUT2D eigenvalue weighted by molar-refractivity contribution is -0.123. The molecule has 2 atom stereocenters. The molecule has 10 heteroatoms. The number of fused-ring (bicyclic) bond motifs is 1. The summed E-state index contributed by atoms with van der Waals surface area (Å²) < 4.78 is 60.6. The van der Waals surface area contributed by atoms with Gasteiger partial charge in [-0.25, -0.2) is 8.42 Å². The molecule has 136 valence electrons. The molecule has 0 radical (unpaired) electrons. The number of alkyl halides is 3. The van der Waals surface area contributed by atoms with Gasteiger partial charge < -0.3 is 10.2 Å². The fourth-order valence-electron chi connectivity index (χ4n) is 3.35. The Morgan fingerprint density at radius 2 is 1.92 bits per heavy atom. The van der Waals surface area contributed by atoms with Gasteiger partial charge in [-0.2, -0.15) is 13.2 Å². The number of carbonyl (C=O) groups is 2. The van der Waals surface area contributed by atoms with E-state index in [0.717, 1.165) is 0 Å². The number of hydrogen-bond acceptors (Lipinski definition) is 4. The molecule has 0 aromatic heterocycles. The number of nitrogens with one attached hydrogen (secondary N) is 1. The topological polar surface area (TPSA) is 83.6 Å². The van der Waals surface area contributed by atoms with E-state index in [9.17, 15) is 31.2 Å². The second kappa shape index (κ2) is 6.01. The Morgan fingerprint density at radius 1 is 1.24 bits per heavy atom. The van der Waals surface area contributed by atoms with Crippen molar-refractivity contribution >= 4 is 27.3 Å². The number of anilines is 1. The number of nitrogens with zero attached hydrogens (tertiary/aromatic N) is 1. The molecule has 3 rings (SSSR count). The quantitative estimate of drug-likeness (QED) is 0.857. The number of sulfone groups is 1. The van der Waals surface area contributed by atoms with Crippen molar-refractivity contribution in [2.45, 2.75) is 18.6 Å². The van der Waals surface area contributed by atoms with E-state index in [-0.39, 0.29) is 41.0 Å². The van der Waals surface area contributed by atoms with Crippen LogP contribution >= 0.6 is 0 Å². The van der Waals surface area contributed by atoms with Crippen LogP contribution in [0.15, 0.2) is 24.3 Å². The summed E-state index contributed by atoms with van der Waals surface area (Å²) in [4.78, 5) is 25.7. The van der Waals surface area contributed by atoms with Gasteiger partial charge in [0, 0.05) is 12.3 Å². The first-order valence-corrected chi connectivity index (χ1v) is 9.36. The molecule has 2 amide bonds. The van der Waals surface area contributed by atoms with Gasteiger partial charge >= 0.3 is 6.18 Å². The summed E-state index contributed by atoms with van der Waals surface area (Å²) in [5.41, 5.74) is 0.0434. The maximum Gasteiger partial charge on any atom is 0.405 e. The average Bonchev–Trinajstić information content (AvgIpc) is 2.94. The van der Waals surface area contributed by atoms with Crippen LogP contribution in [0.3, 0.4) is 0 Å². The van der Waals surface area contributed by atoms with Crippen LogP contribution in [0.5, 0.6) is 0 Å². The monoisotopic (exact) mass is 376 g/mol. The van der Waals surface area contributed by atoms with Crippen LogP contribution in [-0.4, -0.2) is 50.5 Å². The van der Waals surface area contributed by atoms with Gasteiger partial charge in [-0.3, -0.25) is 9.59 Å². The number of halogens is 3. The largest absolute Gasteiger partial charge is 0.405 e. The highest BCUT2D eigenvalue weighted by molar-refractivity contribution is 7.91. The molecule has 6 nitrogen and oxygen atoms in total. The molecule has 2 heterocycles. The molecule has 1 aromatic carbocycles. The van der Waals surface area contributed by atoms with E-state index in [2.05, 4.69) is 0 Å². The minimum atomic E-state index is -4.56. The van der Waals surface area contributed by atoms with Gasteiger partial charge in [0.25, 0.3) is 5.91 Å². The Bertz CT molecular complexity index is 822. The zero-order valence-electron chi connectivity index (χ0n) is 12.9. The van der Waals surface area contributed by atoms with Gasteiger partial charge in [0.15, 0.2) is 9.84 Å². The van der Waals surface area contributed by atoms with Gasteiger partial charge in [0.2, 0.25) is 5.91 Å². The first-order chi connectivity index (χ1) is 11.6. The lowest BCUT2D eigenvalue weighted by Gasteiger charge is -2.25. The van der Waals surface area contributed by atoms with E-state index in [0.29, 0.717) is 0 Å². The predicted octanol–water partition coefficient (Wildman–Crippen LogP) is 1.13. The fraction of sp³-hybridized carbons (Fsp3) is 0.467. The van der Waals surface area contributed by atoms with Crippen LogP contribution in [0.25, 0.3) is 0 Å². The Labute approximate surface area is 141 Å². The van der Waals surface area contributed by atoms with E-state index in [1.807, 2.05) is 0 Å². The summed E-state index contributed by atoms with van der Waals surface area (Å²) in [7, 11) is -3.28. The van der Waals surface area contributed by atoms with E-state index in [1.165, 1.54) is 23.1 Å². The molecular formula is C15H15F3N2O4S. The lowest BCUT2D eigenvalue weighted by atomic mass is 10.0. The molecule has 0 bridgehead atoms. The van der Waals surface area contributed by atoms with Gasteiger partial charge in [-0.15, -0.1) is 0 Å². The molecule has 2 saturated heterocycles. The molecule has 0 aliphatic carbocycles. The van der Waals surface area contributed by atoms with Crippen LogP contribution in [0, 0.1) is 5.92 Å². The summed E-state index contributed by atoms with van der Waals surface area (Å²) >= 11 is 0. The summed E-state index contributed by atoms with van der Waals surface area (Å²) in [5.74, 6) is -1.96. The number of carbonyl (C=O) groups excluding carboxylic acids is 2. The molecule has 1 aromatic rings. The maximum absolute atomic E-state index is 12.3. The zero-order valence-corrected chi connectivity index (χ0v) is 13.7. The van der Waals surface area contributed by atoms with E-state index in [4.69, 9.17) is 0 Å². The van der Waals surface area contributed by atoms with Crippen LogP contribution in [-0.2, 0) is 14.6 Å². The highest BCUT2D eigenvalue weighted by atomic mass is 32.2. The third kappa shape index (κ3) is 3.63. The Morgan fingerprint density at radius 3 is 2.60 bits per heavy atom. The van der Waals surface area contributed by atoms with Gasteiger partial charge in [0.1, 0.15) is 6.54 Å². The second-order valence-electron chi connectivity index (χ2n) is 6.19. The zero-order chi connectivity index (χ0) is 18.4. The lowest BCUT2D eigenvalue weighted by Crippen LogP contribution is -2.39. The minimum Gasteiger partial charge on any atom is -0.343 e. The third-order valence-corrected chi connectivity index (χ3v) is 6.12. The van der Waals surface area contributed by atoms with Crippen molar-refractivity contribution in [3.8, 4) is 0 Å². The molecule has 2 fully saturated rings. The van der Waals surface area contributed by atoms with Crippen molar-refractivity contribution in [3.05, 3.63) is 29.8 Å². The molecule has 0 unspecified atom stereocenters. The molecular weight excluding hydrogens is 361 g/mol. The summed E-state index contributed by atoms with van der Waals surface area (Å²) in [6.45, 7) is -1.49. The SMILES string of the molecule is O=C(NCC(F)(F)F)c1ccccc1N1C(=O)C[C@H]2CS(=O)(=O)C[C@@H]21. The summed E-state index contributed by atoms with van der Waals surface area (Å²) in [6.07, 6.45) is -4.51. The van der Waals surface area contributed by atoms with Crippen molar-refractivity contribution in [2.75, 3.05) is 23.0 Å². The van der Waals surface area contributed by atoms with E-state index >= 15 is 0 Å². The number of benzene rings is 1. The van der Waals surface area contributed by atoms with Crippen LogP contribution < -0.4 is 10.2 Å². The minimum absolute atomic E-state index is 0.0440. The number of hydrogen-bond donors (Lipinski definition) is 1. The molecule has 1 N–H and O–H groups in total. The maximum atomic E-state index is 12.3. The van der Waals surface area contributed by atoms with E-state index < -0.39 is 34.5 Å². The summed E-state index contributed by atoms with van der Waals surface area (Å²) in [5, 5.41) is 1.77. The molecule has 25 heavy (non-hydrogen) atoms. The first kappa shape index (κ1) is 17.7. The Hall–Kier alpha value is -2.10. The van der Waals surface area contributed by atoms with Crippen LogP contribution in [0.1, 0.15) is 16.8 Å². The van der Waals surface area contributed by atoms with Crippen molar-refractivity contribution in [3.63, 3.8) is 0 Å². The van der Waals surface area contributed by atoms with Crippen LogP contribution in [0.2, 0.25) is 0 Å². The summed E-state index contributed by atoms with van der Waals surface area (Å²) in [6, 6.07) is 5.17. The smallest absolute Gasteiger partial charge is 0.343 e. The fourth-order valence-corrected chi connectivity index (χ4v) is 5.42. The van der Waals surface area contributed by atoms with Gasteiger partial charge in [-0.1, -0.05) is 12.1 Å². The number of rotatable bonds is 3. The van der Waals surface area contributed by atoms with Crippen molar-refractivity contribution in [1.82, 2.24) is 5.32 Å². The van der Waals surface area contributed by atoms with Crippen molar-refractivity contribution in [2.24, 2.45) is 5.92 Å². The molecule has 0 spiro atoms. The third-order valence-electron chi connectivity index (χ3n) is 4.33. The molecule has 2 aliphatic rings. The predicted molar refractivity (Wildman–Crippen MR) is 82.9 cm³/mol. The normalized spacial score (nSPS) is 25.1. The Kier molecular flexibility index (Phi) is 4.26. The van der Waals surface area contributed by atoms with Gasteiger partial charge in [-0.05, 0) is 12.1 Å². The first-order valence-electron chi connectivity index (χ1n) is 7.54. The molecule has 2 aliphatic heterocycles.